The molecule has 0 aliphatic carbocycles. The molecule has 0 radical (unpaired) electrons. The second-order valence-corrected chi connectivity index (χ2v) is 5.87. The molecular formula is C14H20N4OS. The lowest BCUT2D eigenvalue weighted by Crippen LogP contribution is -2.20. The molecule has 20 heavy (non-hydrogen) atoms. The molecule has 1 unspecified atom stereocenters. The Balaban J connectivity index is 2.15. The molecule has 6 heteroatoms. The van der Waals surface area contributed by atoms with Gasteiger partial charge in [-0.3, -0.25) is 4.57 Å². The molecule has 0 aliphatic heterocycles. The fourth-order valence-corrected chi connectivity index (χ4v) is 3.13. The Morgan fingerprint density at radius 3 is 2.80 bits per heavy atom. The summed E-state index contributed by atoms with van der Waals surface area (Å²) in [6, 6.07) is 6.70. The Morgan fingerprint density at radius 2 is 2.20 bits per heavy atom. The van der Waals surface area contributed by atoms with Crippen LogP contribution in [0.1, 0.15) is 22.7 Å². The molecule has 0 fully saturated rings. The van der Waals surface area contributed by atoms with E-state index in [4.69, 9.17) is 0 Å². The predicted molar refractivity (Wildman–Crippen MR) is 82.3 cm³/mol. The first-order valence-corrected chi connectivity index (χ1v) is 7.50. The van der Waals surface area contributed by atoms with Crippen molar-refractivity contribution in [2.45, 2.75) is 25.0 Å². The van der Waals surface area contributed by atoms with E-state index in [1.54, 1.807) is 18.8 Å². The number of nitrogens with zero attached hydrogens (tertiary/aromatic N) is 2. The smallest absolute Gasteiger partial charge is 0.312 e. The van der Waals surface area contributed by atoms with Crippen molar-refractivity contribution in [1.29, 1.82) is 0 Å². The lowest BCUT2D eigenvalue weighted by atomic mass is 10.0. The van der Waals surface area contributed by atoms with E-state index in [2.05, 4.69) is 47.6 Å². The first-order valence-electron chi connectivity index (χ1n) is 6.51. The number of benzene rings is 1. The summed E-state index contributed by atoms with van der Waals surface area (Å²) in [5.41, 5.74) is 3.63. The van der Waals surface area contributed by atoms with Crippen molar-refractivity contribution in [3.05, 3.63) is 45.4 Å². The van der Waals surface area contributed by atoms with Crippen molar-refractivity contribution in [2.24, 2.45) is 7.05 Å². The summed E-state index contributed by atoms with van der Waals surface area (Å²) in [4.78, 5) is 11.3. The highest BCUT2D eigenvalue weighted by Gasteiger charge is 2.14. The van der Waals surface area contributed by atoms with Crippen LogP contribution in [0.4, 0.5) is 0 Å². The van der Waals surface area contributed by atoms with E-state index in [1.165, 1.54) is 21.3 Å². The number of aromatic amines is 1. The van der Waals surface area contributed by atoms with Gasteiger partial charge in [0.1, 0.15) is 0 Å². The molecule has 0 saturated carbocycles. The summed E-state index contributed by atoms with van der Waals surface area (Å²) in [6.07, 6.45) is 0. The summed E-state index contributed by atoms with van der Waals surface area (Å²) in [6.45, 7) is 4.22. The highest BCUT2D eigenvalue weighted by atomic mass is 32.2. The lowest BCUT2D eigenvalue weighted by Gasteiger charge is -2.18. The molecule has 0 spiro atoms. The monoisotopic (exact) mass is 292 g/mol. The van der Waals surface area contributed by atoms with Crippen molar-refractivity contribution in [3.63, 3.8) is 0 Å². The average Bonchev–Trinajstić information content (AvgIpc) is 2.75. The maximum atomic E-state index is 11.3. The molecule has 0 saturated heterocycles. The van der Waals surface area contributed by atoms with Gasteiger partial charge in [-0.05, 0) is 32.0 Å². The van der Waals surface area contributed by atoms with Crippen LogP contribution in [0, 0.1) is 13.8 Å². The van der Waals surface area contributed by atoms with Crippen molar-refractivity contribution < 1.29 is 0 Å². The summed E-state index contributed by atoms with van der Waals surface area (Å²) in [7, 11) is 3.68. The van der Waals surface area contributed by atoms with E-state index in [9.17, 15) is 4.79 Å². The minimum Gasteiger partial charge on any atom is -0.312 e. The first-order chi connectivity index (χ1) is 9.52. The molecule has 0 bridgehead atoms. The Bertz CT molecular complexity index is 647. The number of nitrogens with one attached hydrogen (secondary N) is 2. The molecule has 0 aliphatic rings. The first kappa shape index (κ1) is 14.9. The van der Waals surface area contributed by atoms with Gasteiger partial charge in [0.15, 0.2) is 5.16 Å². The highest BCUT2D eigenvalue weighted by molar-refractivity contribution is 7.99. The van der Waals surface area contributed by atoms with E-state index in [-0.39, 0.29) is 11.7 Å². The molecule has 1 atom stereocenters. The van der Waals surface area contributed by atoms with Gasteiger partial charge < -0.3 is 5.32 Å². The fourth-order valence-electron chi connectivity index (χ4n) is 2.08. The van der Waals surface area contributed by atoms with E-state index < -0.39 is 0 Å². The SMILES string of the molecule is CNC(CSc1n[nH]c(=O)n1C)c1cc(C)ccc1C. The molecular weight excluding hydrogens is 272 g/mol. The second kappa shape index (κ2) is 6.28. The van der Waals surface area contributed by atoms with Gasteiger partial charge in [-0.15, -0.1) is 5.10 Å². The predicted octanol–water partition coefficient (Wildman–Crippen LogP) is 1.78. The number of H-pyrrole nitrogens is 1. The molecule has 0 amide bonds. The zero-order chi connectivity index (χ0) is 14.7. The normalized spacial score (nSPS) is 12.6. The molecule has 1 aromatic heterocycles. The van der Waals surface area contributed by atoms with Crippen LogP contribution in [0.15, 0.2) is 28.2 Å². The van der Waals surface area contributed by atoms with Gasteiger partial charge in [0, 0.05) is 18.8 Å². The molecule has 108 valence electrons. The molecule has 2 N–H and O–H groups in total. The quantitative estimate of drug-likeness (QED) is 0.825. The molecule has 5 nitrogen and oxygen atoms in total. The fraction of sp³-hybridized carbons (Fsp3) is 0.429. The standard InChI is InChI=1S/C14H20N4OS/c1-9-5-6-10(2)11(7-9)12(15-3)8-20-14-17-16-13(19)18(14)4/h5-7,12,15H,8H2,1-4H3,(H,16,19). The van der Waals surface area contributed by atoms with E-state index in [0.29, 0.717) is 5.16 Å². The van der Waals surface area contributed by atoms with Crippen molar-refractivity contribution in [2.75, 3.05) is 12.8 Å². The number of thioether (sulfide) groups is 1. The van der Waals surface area contributed by atoms with Gasteiger partial charge in [0.25, 0.3) is 0 Å². The Morgan fingerprint density at radius 1 is 1.45 bits per heavy atom. The highest BCUT2D eigenvalue weighted by Crippen LogP contribution is 2.25. The van der Waals surface area contributed by atoms with Crippen LogP contribution < -0.4 is 11.0 Å². The van der Waals surface area contributed by atoms with Crippen LogP contribution >= 0.6 is 11.8 Å². The molecule has 2 rings (SSSR count). The number of aryl methyl sites for hydroxylation is 2. The number of hydrogen-bond acceptors (Lipinski definition) is 4. The molecule has 1 aromatic carbocycles. The van der Waals surface area contributed by atoms with Crippen LogP contribution in [0.25, 0.3) is 0 Å². The minimum absolute atomic E-state index is 0.180. The minimum atomic E-state index is -0.180. The van der Waals surface area contributed by atoms with Crippen LogP contribution in [-0.2, 0) is 7.05 Å². The third kappa shape index (κ3) is 3.13. The summed E-state index contributed by atoms with van der Waals surface area (Å²) in [5.74, 6) is 0.818. The Labute approximate surface area is 122 Å². The van der Waals surface area contributed by atoms with E-state index in [0.717, 1.165) is 5.75 Å². The van der Waals surface area contributed by atoms with Crippen molar-refractivity contribution in [3.8, 4) is 0 Å². The van der Waals surface area contributed by atoms with Gasteiger partial charge in [-0.1, -0.05) is 35.5 Å². The van der Waals surface area contributed by atoms with Crippen molar-refractivity contribution in [1.82, 2.24) is 20.1 Å². The summed E-state index contributed by atoms with van der Waals surface area (Å²) >= 11 is 1.57. The number of rotatable bonds is 5. The van der Waals surface area contributed by atoms with Gasteiger partial charge in [0.2, 0.25) is 0 Å². The van der Waals surface area contributed by atoms with Gasteiger partial charge >= 0.3 is 5.69 Å². The number of hydrogen-bond donors (Lipinski definition) is 2. The van der Waals surface area contributed by atoms with E-state index in [1.807, 2.05) is 7.05 Å². The van der Waals surface area contributed by atoms with Crippen LogP contribution in [0.3, 0.4) is 0 Å². The third-order valence-corrected chi connectivity index (χ3v) is 4.50. The van der Waals surface area contributed by atoms with Gasteiger partial charge in [-0.25, -0.2) is 9.89 Å². The maximum absolute atomic E-state index is 11.3. The second-order valence-electron chi connectivity index (χ2n) is 4.88. The van der Waals surface area contributed by atoms with Gasteiger partial charge in [0.05, 0.1) is 0 Å². The van der Waals surface area contributed by atoms with Crippen LogP contribution in [0.2, 0.25) is 0 Å². The molecule has 2 aromatic rings. The van der Waals surface area contributed by atoms with Crippen LogP contribution in [-0.4, -0.2) is 27.6 Å². The van der Waals surface area contributed by atoms with E-state index >= 15 is 0 Å². The average molecular weight is 292 g/mol. The molecule has 1 heterocycles. The van der Waals surface area contributed by atoms with Gasteiger partial charge in [-0.2, -0.15) is 0 Å². The lowest BCUT2D eigenvalue weighted by molar-refractivity contribution is 0.654. The number of aromatic nitrogens is 3. The summed E-state index contributed by atoms with van der Waals surface area (Å²) in [5, 5.41) is 10.5. The topological polar surface area (TPSA) is 62.7 Å². The Kier molecular flexibility index (Phi) is 4.67. The third-order valence-electron chi connectivity index (χ3n) is 3.38. The maximum Gasteiger partial charge on any atom is 0.343 e. The largest absolute Gasteiger partial charge is 0.343 e. The summed E-state index contributed by atoms with van der Waals surface area (Å²) < 4.78 is 1.53. The Hall–Kier alpha value is -1.53. The van der Waals surface area contributed by atoms with Crippen LogP contribution in [0.5, 0.6) is 0 Å². The zero-order valence-electron chi connectivity index (χ0n) is 12.2. The zero-order valence-corrected chi connectivity index (χ0v) is 13.0. The van der Waals surface area contributed by atoms with Crippen molar-refractivity contribution >= 4 is 11.8 Å².